The van der Waals surface area contributed by atoms with Crippen molar-refractivity contribution in [3.05, 3.63) is 80.4 Å². The standard InChI is InChI=1S/C12H17F9O2Si.C11H11F9.C8H8/c1-6-7-8(10(13,14)15,11(16,17)18)9(22-2,12(19,20)21)23-24(3,4)5;1-4-6-8(10(15,16)17,11(18,19)20)7(3,5-2)9(12,13)14;1-2-8-6-4-3-5-7-8/h6H,1,7H2,2-5H3;4-5H,1-2,6H2,3H3;2-7H,1H2. The number of hydrogen-bond donors (Lipinski definition) is 0. The minimum atomic E-state index is -6.38. The smallest absolute Gasteiger partial charge is 0.383 e. The van der Waals surface area contributed by atoms with E-state index in [0.29, 0.717) is 0 Å². The third-order valence-corrected chi connectivity index (χ3v) is 8.33. The molecule has 2 unspecified atom stereocenters. The summed E-state index contributed by atoms with van der Waals surface area (Å²) in [5.74, 6) is -4.96. The third kappa shape index (κ3) is 10.2. The molecule has 21 heteroatoms. The molecule has 0 radical (unpaired) electrons. The van der Waals surface area contributed by atoms with Crippen LogP contribution in [0.5, 0.6) is 0 Å². The van der Waals surface area contributed by atoms with Gasteiger partial charge < -0.3 is 9.16 Å². The van der Waals surface area contributed by atoms with Crippen molar-refractivity contribution in [2.75, 3.05) is 7.11 Å². The minimum Gasteiger partial charge on any atom is -0.383 e. The zero-order chi connectivity index (χ0) is 42.3. The van der Waals surface area contributed by atoms with Crippen LogP contribution in [0.1, 0.15) is 25.3 Å². The molecule has 2 nitrogen and oxygen atoms in total. The summed E-state index contributed by atoms with van der Waals surface area (Å²) >= 11 is 0. The predicted molar refractivity (Wildman–Crippen MR) is 160 cm³/mol. The highest BCUT2D eigenvalue weighted by Crippen LogP contribution is 2.68. The van der Waals surface area contributed by atoms with E-state index < -0.39 is 80.2 Å². The molecule has 0 aliphatic carbocycles. The van der Waals surface area contributed by atoms with Crippen LogP contribution in [-0.2, 0) is 9.16 Å². The summed E-state index contributed by atoms with van der Waals surface area (Å²) in [6.07, 6.45) is -39.5. The van der Waals surface area contributed by atoms with Crippen LogP contribution in [0.25, 0.3) is 6.08 Å². The molecule has 1 aromatic rings. The van der Waals surface area contributed by atoms with Gasteiger partial charge in [-0.05, 0) is 45.0 Å². The van der Waals surface area contributed by atoms with Gasteiger partial charge in [0.2, 0.25) is 5.41 Å². The Balaban J connectivity index is 0. The summed E-state index contributed by atoms with van der Waals surface area (Å²) in [6.45, 7) is 14.4. The lowest BCUT2D eigenvalue weighted by Crippen LogP contribution is -2.73. The van der Waals surface area contributed by atoms with Crippen molar-refractivity contribution in [1.82, 2.24) is 0 Å². The molecule has 302 valence electrons. The average molecular weight is 811 g/mol. The van der Waals surface area contributed by atoms with E-state index in [1.807, 2.05) is 36.4 Å². The molecular weight excluding hydrogens is 774 g/mol. The van der Waals surface area contributed by atoms with Crippen LogP contribution in [0.2, 0.25) is 19.6 Å². The molecule has 0 spiro atoms. The van der Waals surface area contributed by atoms with Gasteiger partial charge in [-0.2, -0.15) is 79.0 Å². The summed E-state index contributed by atoms with van der Waals surface area (Å²) in [4.78, 5) is 0. The van der Waals surface area contributed by atoms with Gasteiger partial charge in [0, 0.05) is 7.11 Å². The average Bonchev–Trinajstić information content (AvgIpc) is 2.93. The number of hydrogen-bond acceptors (Lipinski definition) is 2. The van der Waals surface area contributed by atoms with Crippen molar-refractivity contribution >= 4 is 14.4 Å². The molecule has 0 saturated heterocycles. The fourth-order valence-corrected chi connectivity index (χ4v) is 6.03. The molecule has 52 heavy (non-hydrogen) atoms. The summed E-state index contributed by atoms with van der Waals surface area (Å²) in [6, 6.07) is 10.0. The Morgan fingerprint density at radius 2 is 0.904 bits per heavy atom. The number of rotatable bonds is 11. The Morgan fingerprint density at radius 3 is 1.10 bits per heavy atom. The molecule has 0 fully saturated rings. The fraction of sp³-hybridized carbons (Fsp3) is 0.548. The van der Waals surface area contributed by atoms with Crippen molar-refractivity contribution < 1.29 is 88.2 Å². The molecule has 0 aliphatic rings. The van der Waals surface area contributed by atoms with E-state index in [1.54, 1.807) is 0 Å². The molecule has 1 rings (SSSR count). The molecular formula is C31H36F18O2Si. The molecule has 0 bridgehead atoms. The van der Waals surface area contributed by atoms with Gasteiger partial charge in [0.15, 0.2) is 13.7 Å². The van der Waals surface area contributed by atoms with Crippen molar-refractivity contribution in [3.63, 3.8) is 0 Å². The lowest BCUT2D eigenvalue weighted by molar-refractivity contribution is -0.484. The highest BCUT2D eigenvalue weighted by Gasteiger charge is 2.88. The highest BCUT2D eigenvalue weighted by molar-refractivity contribution is 6.69. The first-order valence-corrected chi connectivity index (χ1v) is 17.5. The molecule has 0 amide bonds. The summed E-state index contributed by atoms with van der Waals surface area (Å²) in [5.41, 5.74) is -13.5. The number of methoxy groups -OCH3 is 1. The number of halogens is 18. The van der Waals surface area contributed by atoms with Crippen molar-refractivity contribution in [3.8, 4) is 0 Å². The van der Waals surface area contributed by atoms with Gasteiger partial charge in [0.1, 0.15) is 5.41 Å². The van der Waals surface area contributed by atoms with Crippen molar-refractivity contribution in [2.24, 2.45) is 16.2 Å². The Labute approximate surface area is 289 Å². The van der Waals surface area contributed by atoms with Gasteiger partial charge in [-0.1, -0.05) is 61.2 Å². The van der Waals surface area contributed by atoms with Gasteiger partial charge in [-0.3, -0.25) is 0 Å². The number of ether oxygens (including phenoxy) is 1. The first-order chi connectivity index (χ1) is 22.9. The highest BCUT2D eigenvalue weighted by atomic mass is 28.4. The van der Waals surface area contributed by atoms with Crippen LogP contribution in [0, 0.1) is 16.2 Å². The van der Waals surface area contributed by atoms with E-state index in [4.69, 9.17) is 0 Å². The van der Waals surface area contributed by atoms with E-state index in [9.17, 15) is 79.0 Å². The monoisotopic (exact) mass is 810 g/mol. The molecule has 0 N–H and O–H groups in total. The second-order valence-corrected chi connectivity index (χ2v) is 16.3. The summed E-state index contributed by atoms with van der Waals surface area (Å²) < 4.78 is 246. The van der Waals surface area contributed by atoms with Gasteiger partial charge >= 0.3 is 37.1 Å². The summed E-state index contributed by atoms with van der Waals surface area (Å²) in [7, 11) is -3.50. The Hall–Kier alpha value is -2.94. The quantitative estimate of drug-likeness (QED) is 0.0959. The zero-order valence-corrected chi connectivity index (χ0v) is 29.1. The molecule has 0 aromatic heterocycles. The van der Waals surface area contributed by atoms with Crippen LogP contribution >= 0.6 is 0 Å². The van der Waals surface area contributed by atoms with Gasteiger partial charge in [-0.15, -0.1) is 19.7 Å². The number of benzene rings is 1. The van der Waals surface area contributed by atoms with E-state index in [1.165, 1.54) is 5.56 Å². The molecule has 1 aromatic carbocycles. The SMILES string of the molecule is C=CCC(C(F)(F)F)(C(F)(F)F)C(C)(C=C)C(F)(F)F.C=CCC(C(F)(F)F)(C(F)(F)F)C(OC)(O[Si](C)(C)C)C(F)(F)F.C=Cc1ccccc1. The largest absolute Gasteiger partial charge is 0.443 e. The maximum atomic E-state index is 13.5. The van der Waals surface area contributed by atoms with Crippen LogP contribution < -0.4 is 0 Å². The van der Waals surface area contributed by atoms with Crippen molar-refractivity contribution in [1.29, 1.82) is 0 Å². The number of alkyl halides is 18. The lowest BCUT2D eigenvalue weighted by atomic mass is 9.60. The summed E-state index contributed by atoms with van der Waals surface area (Å²) in [5, 5.41) is 0. The maximum Gasteiger partial charge on any atom is 0.443 e. The van der Waals surface area contributed by atoms with Crippen LogP contribution in [-0.4, -0.2) is 58.3 Å². The van der Waals surface area contributed by atoms with Crippen LogP contribution in [0.3, 0.4) is 0 Å². The number of allylic oxidation sites excluding steroid dienone is 3. The normalized spacial score (nSPS) is 16.1. The topological polar surface area (TPSA) is 18.5 Å². The second-order valence-electron chi connectivity index (χ2n) is 11.8. The Kier molecular flexibility index (Phi) is 16.8. The van der Waals surface area contributed by atoms with Gasteiger partial charge in [0.25, 0.3) is 5.79 Å². The predicted octanol–water partition coefficient (Wildman–Crippen LogP) is 13.2. The van der Waals surface area contributed by atoms with Crippen LogP contribution in [0.15, 0.2) is 74.9 Å². The lowest BCUT2D eigenvalue weighted by Gasteiger charge is -2.51. The van der Waals surface area contributed by atoms with E-state index in [2.05, 4.69) is 35.5 Å². The minimum absolute atomic E-state index is 0.100. The second kappa shape index (κ2) is 17.0. The van der Waals surface area contributed by atoms with Crippen LogP contribution in [0.4, 0.5) is 79.0 Å². The molecule has 0 heterocycles. The fourth-order valence-electron chi connectivity index (χ4n) is 4.80. The molecule has 0 saturated carbocycles. The van der Waals surface area contributed by atoms with E-state index in [0.717, 1.165) is 19.6 Å². The van der Waals surface area contributed by atoms with Crippen molar-refractivity contribution in [2.45, 2.75) is 82.3 Å². The Morgan fingerprint density at radius 1 is 0.558 bits per heavy atom. The third-order valence-electron chi connectivity index (χ3n) is 7.43. The first kappa shape index (κ1) is 51.2. The first-order valence-electron chi connectivity index (χ1n) is 14.1. The Bertz CT molecular complexity index is 1270. The van der Waals surface area contributed by atoms with E-state index >= 15 is 0 Å². The maximum absolute atomic E-state index is 13.5. The zero-order valence-electron chi connectivity index (χ0n) is 28.1. The van der Waals surface area contributed by atoms with Gasteiger partial charge in [0.05, 0.1) is 0 Å². The molecule has 2 atom stereocenters. The molecule has 0 aliphatic heterocycles. The van der Waals surface area contributed by atoms with Gasteiger partial charge in [-0.25, -0.2) is 0 Å². The van der Waals surface area contributed by atoms with E-state index in [-0.39, 0.29) is 32.3 Å².